The first-order chi connectivity index (χ1) is 8.74. The molecule has 0 atom stereocenters. The molecule has 2 rings (SSSR count). The molecule has 0 saturated carbocycles. The molecule has 0 amide bonds. The Labute approximate surface area is 113 Å². The SMILES string of the molecule is CC(C)SCc1noc(CN2CCCNCC2)n1. The van der Waals surface area contributed by atoms with Crippen molar-refractivity contribution in [1.29, 1.82) is 0 Å². The summed E-state index contributed by atoms with van der Waals surface area (Å²) in [7, 11) is 0. The van der Waals surface area contributed by atoms with Gasteiger partial charge < -0.3 is 9.84 Å². The quantitative estimate of drug-likeness (QED) is 0.875. The number of aromatic nitrogens is 2. The second-order valence-corrected chi connectivity index (χ2v) is 6.41. The Balaban J connectivity index is 1.81. The van der Waals surface area contributed by atoms with Gasteiger partial charge in [-0.1, -0.05) is 19.0 Å². The first kappa shape index (κ1) is 13.8. The van der Waals surface area contributed by atoms with E-state index in [2.05, 4.69) is 34.2 Å². The predicted molar refractivity (Wildman–Crippen MR) is 73.5 cm³/mol. The van der Waals surface area contributed by atoms with E-state index in [4.69, 9.17) is 4.52 Å². The Morgan fingerprint density at radius 2 is 2.28 bits per heavy atom. The zero-order valence-corrected chi connectivity index (χ0v) is 12.0. The van der Waals surface area contributed by atoms with Gasteiger partial charge in [-0.25, -0.2) is 0 Å². The van der Waals surface area contributed by atoms with E-state index < -0.39 is 0 Å². The zero-order chi connectivity index (χ0) is 12.8. The van der Waals surface area contributed by atoms with E-state index in [0.29, 0.717) is 5.25 Å². The molecule has 1 N–H and O–H groups in total. The molecule has 1 aliphatic rings. The Morgan fingerprint density at radius 1 is 1.39 bits per heavy atom. The smallest absolute Gasteiger partial charge is 0.240 e. The summed E-state index contributed by atoms with van der Waals surface area (Å²) in [6, 6.07) is 0. The molecule has 5 nitrogen and oxygen atoms in total. The third kappa shape index (κ3) is 4.59. The first-order valence-electron chi connectivity index (χ1n) is 6.60. The molecule has 0 aromatic carbocycles. The van der Waals surface area contributed by atoms with Gasteiger partial charge in [0.15, 0.2) is 5.82 Å². The molecule has 6 heteroatoms. The molecule has 0 spiro atoms. The van der Waals surface area contributed by atoms with Crippen LogP contribution >= 0.6 is 11.8 Å². The summed E-state index contributed by atoms with van der Waals surface area (Å²) in [6.07, 6.45) is 1.18. The number of thioether (sulfide) groups is 1. The van der Waals surface area contributed by atoms with Crippen LogP contribution in [0.5, 0.6) is 0 Å². The van der Waals surface area contributed by atoms with E-state index in [1.54, 1.807) is 0 Å². The summed E-state index contributed by atoms with van der Waals surface area (Å²) >= 11 is 1.84. The molecule has 1 aliphatic heterocycles. The van der Waals surface area contributed by atoms with Crippen molar-refractivity contribution in [2.45, 2.75) is 37.8 Å². The molecule has 0 bridgehead atoms. The molecule has 0 radical (unpaired) electrons. The second kappa shape index (κ2) is 7.11. The number of nitrogens with one attached hydrogen (secondary N) is 1. The minimum atomic E-state index is 0.601. The highest BCUT2D eigenvalue weighted by molar-refractivity contribution is 7.99. The molecule has 1 aromatic rings. The van der Waals surface area contributed by atoms with E-state index in [9.17, 15) is 0 Å². The summed E-state index contributed by atoms with van der Waals surface area (Å²) in [5.74, 6) is 2.40. The van der Waals surface area contributed by atoms with Crippen molar-refractivity contribution in [1.82, 2.24) is 20.4 Å². The number of hydrogen-bond donors (Lipinski definition) is 1. The first-order valence-corrected chi connectivity index (χ1v) is 7.65. The van der Waals surface area contributed by atoms with Crippen LogP contribution in [-0.2, 0) is 12.3 Å². The van der Waals surface area contributed by atoms with Crippen LogP contribution in [0.1, 0.15) is 32.0 Å². The lowest BCUT2D eigenvalue weighted by molar-refractivity contribution is 0.238. The van der Waals surface area contributed by atoms with Crippen LogP contribution in [-0.4, -0.2) is 46.5 Å². The highest BCUT2D eigenvalue weighted by Gasteiger charge is 2.13. The zero-order valence-electron chi connectivity index (χ0n) is 11.2. The average molecular weight is 270 g/mol. The number of rotatable bonds is 5. The molecular weight excluding hydrogens is 248 g/mol. The van der Waals surface area contributed by atoms with Gasteiger partial charge in [-0.15, -0.1) is 0 Å². The van der Waals surface area contributed by atoms with Gasteiger partial charge in [-0.3, -0.25) is 4.90 Å². The minimum absolute atomic E-state index is 0.601. The van der Waals surface area contributed by atoms with E-state index in [1.807, 2.05) is 11.8 Å². The van der Waals surface area contributed by atoms with Gasteiger partial charge in [0.25, 0.3) is 0 Å². The van der Waals surface area contributed by atoms with Crippen molar-refractivity contribution in [2.24, 2.45) is 0 Å². The van der Waals surface area contributed by atoms with E-state index >= 15 is 0 Å². The second-order valence-electron chi connectivity index (χ2n) is 4.84. The largest absolute Gasteiger partial charge is 0.338 e. The van der Waals surface area contributed by atoms with Gasteiger partial charge in [-0.05, 0) is 24.8 Å². The monoisotopic (exact) mass is 270 g/mol. The van der Waals surface area contributed by atoms with Crippen molar-refractivity contribution >= 4 is 11.8 Å². The topological polar surface area (TPSA) is 54.2 Å². The fourth-order valence-electron chi connectivity index (χ4n) is 1.91. The molecule has 0 aliphatic carbocycles. The molecule has 18 heavy (non-hydrogen) atoms. The van der Waals surface area contributed by atoms with Crippen LogP contribution in [0.25, 0.3) is 0 Å². The molecule has 2 heterocycles. The maximum Gasteiger partial charge on any atom is 0.240 e. The van der Waals surface area contributed by atoms with Gasteiger partial charge in [0.1, 0.15) is 0 Å². The van der Waals surface area contributed by atoms with Crippen molar-refractivity contribution in [3.05, 3.63) is 11.7 Å². The van der Waals surface area contributed by atoms with Gasteiger partial charge in [0, 0.05) is 13.1 Å². The molecule has 1 aromatic heterocycles. The van der Waals surface area contributed by atoms with Crippen molar-refractivity contribution in [2.75, 3.05) is 26.2 Å². The summed E-state index contributed by atoms with van der Waals surface area (Å²) in [4.78, 5) is 6.81. The van der Waals surface area contributed by atoms with Crippen LogP contribution in [0.2, 0.25) is 0 Å². The lowest BCUT2D eigenvalue weighted by Gasteiger charge is -2.16. The van der Waals surface area contributed by atoms with Crippen molar-refractivity contribution < 1.29 is 4.52 Å². The van der Waals surface area contributed by atoms with Gasteiger partial charge in [0.2, 0.25) is 5.89 Å². The minimum Gasteiger partial charge on any atom is -0.338 e. The van der Waals surface area contributed by atoms with E-state index in [0.717, 1.165) is 50.2 Å². The molecule has 1 fully saturated rings. The number of nitrogens with zero attached hydrogens (tertiary/aromatic N) is 3. The maximum absolute atomic E-state index is 5.30. The third-order valence-electron chi connectivity index (χ3n) is 2.85. The maximum atomic E-state index is 5.30. The van der Waals surface area contributed by atoms with Gasteiger partial charge in [-0.2, -0.15) is 16.7 Å². The Kier molecular flexibility index (Phi) is 5.46. The fraction of sp³-hybridized carbons (Fsp3) is 0.833. The summed E-state index contributed by atoms with van der Waals surface area (Å²) in [5.41, 5.74) is 0. The Hall–Kier alpha value is -0.590. The molecule has 0 unspecified atom stereocenters. The van der Waals surface area contributed by atoms with Gasteiger partial charge >= 0.3 is 0 Å². The summed E-state index contributed by atoms with van der Waals surface area (Å²) in [6.45, 7) is 9.44. The lowest BCUT2D eigenvalue weighted by atomic mass is 10.4. The van der Waals surface area contributed by atoms with E-state index in [-0.39, 0.29) is 0 Å². The lowest BCUT2D eigenvalue weighted by Crippen LogP contribution is -2.27. The van der Waals surface area contributed by atoms with Crippen LogP contribution in [0.4, 0.5) is 0 Å². The number of hydrogen-bond acceptors (Lipinski definition) is 6. The highest BCUT2D eigenvalue weighted by Crippen LogP contribution is 2.15. The van der Waals surface area contributed by atoms with Crippen LogP contribution < -0.4 is 5.32 Å². The Morgan fingerprint density at radius 3 is 3.11 bits per heavy atom. The van der Waals surface area contributed by atoms with Crippen LogP contribution in [0, 0.1) is 0 Å². The van der Waals surface area contributed by atoms with Crippen LogP contribution in [0.3, 0.4) is 0 Å². The predicted octanol–water partition coefficient (Wildman–Crippen LogP) is 1.51. The molecular formula is C12H22N4OS. The highest BCUT2D eigenvalue weighted by atomic mass is 32.2. The average Bonchev–Trinajstić information content (AvgIpc) is 2.62. The molecule has 102 valence electrons. The van der Waals surface area contributed by atoms with Gasteiger partial charge in [0.05, 0.1) is 12.3 Å². The summed E-state index contributed by atoms with van der Waals surface area (Å²) in [5, 5.41) is 8.02. The normalized spacial score (nSPS) is 18.2. The Bertz CT molecular complexity index is 348. The summed E-state index contributed by atoms with van der Waals surface area (Å²) < 4.78 is 5.30. The van der Waals surface area contributed by atoms with Crippen molar-refractivity contribution in [3.63, 3.8) is 0 Å². The standard InChI is InChI=1S/C12H22N4OS/c1-10(2)18-9-11-14-12(17-15-11)8-16-6-3-4-13-5-7-16/h10,13H,3-9H2,1-2H3. The third-order valence-corrected chi connectivity index (χ3v) is 3.94. The molecule has 1 saturated heterocycles. The van der Waals surface area contributed by atoms with E-state index in [1.165, 1.54) is 6.42 Å². The van der Waals surface area contributed by atoms with Crippen LogP contribution in [0.15, 0.2) is 4.52 Å². The fourth-order valence-corrected chi connectivity index (χ4v) is 2.50. The van der Waals surface area contributed by atoms with Crippen molar-refractivity contribution in [3.8, 4) is 0 Å².